The Hall–Kier alpha value is -4.18. The van der Waals surface area contributed by atoms with E-state index in [2.05, 4.69) is 15.3 Å². The maximum Gasteiger partial charge on any atom is 0.289 e. The first-order valence-electron chi connectivity index (χ1n) is 13.2. The second-order valence-electron chi connectivity index (χ2n) is 10.1. The molecule has 39 heavy (non-hydrogen) atoms. The number of rotatable bonds is 1. The van der Waals surface area contributed by atoms with Crippen LogP contribution in [0.15, 0.2) is 54.7 Å². The van der Waals surface area contributed by atoms with Crippen LogP contribution in [0.25, 0.3) is 0 Å². The topological polar surface area (TPSA) is 117 Å². The van der Waals surface area contributed by atoms with E-state index in [-0.39, 0.29) is 49.2 Å². The fraction of sp³-hybridized carbons (Fsp3) is 0.379. The average molecular weight is 532 g/mol. The minimum absolute atomic E-state index is 0.0847. The van der Waals surface area contributed by atoms with E-state index in [1.165, 1.54) is 4.90 Å². The van der Waals surface area contributed by atoms with Crippen LogP contribution in [0.5, 0.6) is 11.5 Å². The lowest BCUT2D eigenvalue weighted by Gasteiger charge is -2.38. The van der Waals surface area contributed by atoms with Gasteiger partial charge >= 0.3 is 0 Å². The van der Waals surface area contributed by atoms with Crippen molar-refractivity contribution in [2.24, 2.45) is 0 Å². The van der Waals surface area contributed by atoms with E-state index >= 15 is 0 Å². The number of hydrogen-bond donors (Lipinski definition) is 2. The molecule has 0 aliphatic carbocycles. The number of ether oxygens (including phenoxy) is 2. The molecule has 2 aromatic carbocycles. The number of H-pyrrole nitrogens is 1. The van der Waals surface area contributed by atoms with E-state index in [1.54, 1.807) is 18.1 Å². The van der Waals surface area contributed by atoms with Gasteiger partial charge in [0, 0.05) is 38.4 Å². The van der Waals surface area contributed by atoms with Crippen LogP contribution in [-0.4, -0.2) is 76.3 Å². The summed E-state index contributed by atoms with van der Waals surface area (Å²) in [6.45, 7) is 2.80. The Morgan fingerprint density at radius 3 is 2.54 bits per heavy atom. The summed E-state index contributed by atoms with van der Waals surface area (Å²) in [5, 5.41) is 3.02. The van der Waals surface area contributed by atoms with E-state index in [4.69, 9.17) is 9.47 Å². The number of fused-ring (bicyclic) bond motifs is 5. The predicted octanol–water partition coefficient (Wildman–Crippen LogP) is 2.83. The van der Waals surface area contributed by atoms with Crippen LogP contribution < -0.4 is 10.1 Å². The van der Waals surface area contributed by atoms with Gasteiger partial charge in [-0.3, -0.25) is 14.4 Å². The Labute approximate surface area is 227 Å². The number of piperidine rings is 1. The molecular weight excluding hydrogens is 498 g/mol. The van der Waals surface area contributed by atoms with E-state index in [1.807, 2.05) is 55.5 Å². The van der Waals surface area contributed by atoms with Crippen molar-refractivity contribution in [3.8, 4) is 11.5 Å². The summed E-state index contributed by atoms with van der Waals surface area (Å²) in [6.07, 6.45) is 2.63. The highest BCUT2D eigenvalue weighted by molar-refractivity contribution is 5.91. The molecule has 0 radical (unpaired) electrons. The number of nitrogens with zero attached hydrogens (tertiary/aromatic N) is 3. The molecular formula is C29H33N5O5. The molecule has 4 bridgehead atoms. The summed E-state index contributed by atoms with van der Waals surface area (Å²) in [5.74, 6) is 0.985. The Kier molecular flexibility index (Phi) is 7.92. The Bertz CT molecular complexity index is 1360. The van der Waals surface area contributed by atoms with Crippen molar-refractivity contribution in [3.05, 3.63) is 77.4 Å². The van der Waals surface area contributed by atoms with Crippen LogP contribution in [0.4, 0.5) is 0 Å². The second-order valence-corrected chi connectivity index (χ2v) is 10.1. The number of imidazole rings is 1. The van der Waals surface area contributed by atoms with Crippen LogP contribution in [0.3, 0.4) is 0 Å². The lowest BCUT2D eigenvalue weighted by atomic mass is 10.0. The minimum Gasteiger partial charge on any atom is -0.457 e. The van der Waals surface area contributed by atoms with Gasteiger partial charge in [-0.15, -0.1) is 0 Å². The molecule has 10 heteroatoms. The number of aromatic nitrogens is 2. The summed E-state index contributed by atoms with van der Waals surface area (Å²) < 4.78 is 12.4. The van der Waals surface area contributed by atoms with Gasteiger partial charge in [-0.1, -0.05) is 24.3 Å². The zero-order chi connectivity index (χ0) is 27.4. The highest BCUT2D eigenvalue weighted by Gasteiger charge is 2.34. The van der Waals surface area contributed by atoms with Gasteiger partial charge in [0.15, 0.2) is 5.82 Å². The highest BCUT2D eigenvalue weighted by Crippen LogP contribution is 2.25. The number of nitrogens with one attached hydrogen (secondary N) is 2. The smallest absolute Gasteiger partial charge is 0.289 e. The Morgan fingerprint density at radius 2 is 1.79 bits per heavy atom. The summed E-state index contributed by atoms with van der Waals surface area (Å²) in [5.41, 5.74) is 2.71. The molecule has 2 aliphatic heterocycles. The standard InChI is InChI=1S/C29H33N5O5/c1-19-15-30-28(31-19)29(37)34-12-11-25-24(16-34)32-26(35)17-33(2)27(36)10-9-20-5-3-7-22(13-20)39-23-8-4-6-21(14-23)18-38-25/h3-8,13-15,24-25H,9-12,16-18H2,1-2H3,(H,30,31)(H,32,35)/t24-,25+/m0/s1. The van der Waals surface area contributed by atoms with Crippen molar-refractivity contribution >= 4 is 17.7 Å². The maximum atomic E-state index is 13.1. The lowest BCUT2D eigenvalue weighted by Crippen LogP contribution is -2.58. The van der Waals surface area contributed by atoms with E-state index < -0.39 is 6.04 Å². The third-order valence-corrected chi connectivity index (χ3v) is 7.02. The van der Waals surface area contributed by atoms with Gasteiger partial charge in [-0.05, 0) is 55.2 Å². The molecule has 2 atom stereocenters. The summed E-state index contributed by atoms with van der Waals surface area (Å²) in [6, 6.07) is 14.9. The number of likely N-dealkylation sites (tertiary alicyclic amines) is 1. The Morgan fingerprint density at radius 1 is 1.05 bits per heavy atom. The van der Waals surface area contributed by atoms with Crippen molar-refractivity contribution < 1.29 is 23.9 Å². The quantitative estimate of drug-likeness (QED) is 0.499. The lowest BCUT2D eigenvalue weighted by molar-refractivity contribution is -0.135. The van der Waals surface area contributed by atoms with Gasteiger partial charge in [0.1, 0.15) is 11.5 Å². The number of hydrogen-bond acceptors (Lipinski definition) is 6. The molecule has 3 amide bonds. The van der Waals surface area contributed by atoms with Crippen molar-refractivity contribution in [3.63, 3.8) is 0 Å². The molecule has 0 unspecified atom stereocenters. The SMILES string of the molecule is Cc1cnc(C(=O)N2CC[C@H]3OCc4cccc(c4)Oc4cccc(c4)CCC(=O)N(C)CC(=O)N[C@H]3C2)[nH]1. The van der Waals surface area contributed by atoms with Crippen molar-refractivity contribution in [1.29, 1.82) is 0 Å². The largest absolute Gasteiger partial charge is 0.457 e. The fourth-order valence-corrected chi connectivity index (χ4v) is 4.92. The predicted molar refractivity (Wildman–Crippen MR) is 143 cm³/mol. The first kappa shape index (κ1) is 26.4. The first-order valence-corrected chi connectivity index (χ1v) is 13.2. The number of likely N-dealkylation sites (N-methyl/N-ethyl adjacent to an activating group) is 1. The summed E-state index contributed by atoms with van der Waals surface area (Å²) in [4.78, 5) is 49.1. The van der Waals surface area contributed by atoms with E-state index in [0.29, 0.717) is 37.5 Å². The van der Waals surface area contributed by atoms with E-state index in [0.717, 1.165) is 16.8 Å². The van der Waals surface area contributed by atoms with Crippen molar-refractivity contribution in [2.45, 2.75) is 44.9 Å². The molecule has 3 aromatic rings. The molecule has 3 heterocycles. The van der Waals surface area contributed by atoms with Crippen LogP contribution >= 0.6 is 0 Å². The monoisotopic (exact) mass is 531 g/mol. The third kappa shape index (κ3) is 6.64. The average Bonchev–Trinajstić information content (AvgIpc) is 3.36. The van der Waals surface area contributed by atoms with Crippen molar-refractivity contribution in [1.82, 2.24) is 25.1 Å². The molecule has 1 aromatic heterocycles. The number of benzene rings is 2. The molecule has 1 saturated heterocycles. The molecule has 0 spiro atoms. The van der Waals surface area contributed by atoms with E-state index in [9.17, 15) is 14.4 Å². The summed E-state index contributed by atoms with van der Waals surface area (Å²) >= 11 is 0. The first-order chi connectivity index (χ1) is 18.8. The number of carbonyl (C=O) groups excluding carboxylic acids is 3. The van der Waals surface area contributed by atoms with Crippen LogP contribution in [0.2, 0.25) is 0 Å². The number of aromatic amines is 1. The van der Waals surface area contributed by atoms with Gasteiger partial charge in [-0.25, -0.2) is 4.98 Å². The van der Waals surface area contributed by atoms with Crippen molar-refractivity contribution in [2.75, 3.05) is 26.7 Å². The molecule has 2 N–H and O–H groups in total. The molecule has 5 rings (SSSR count). The number of amides is 3. The van der Waals surface area contributed by atoms with Gasteiger partial charge < -0.3 is 29.6 Å². The van der Waals surface area contributed by atoms with Gasteiger partial charge in [0.05, 0.1) is 25.3 Å². The Balaban J connectivity index is 1.37. The van der Waals surface area contributed by atoms with Crippen LogP contribution in [0, 0.1) is 6.92 Å². The van der Waals surface area contributed by atoms with Gasteiger partial charge in [-0.2, -0.15) is 0 Å². The third-order valence-electron chi connectivity index (χ3n) is 7.02. The molecule has 0 saturated carbocycles. The fourth-order valence-electron chi connectivity index (χ4n) is 4.92. The number of aryl methyl sites for hydroxylation is 2. The normalized spacial score (nSPS) is 20.8. The molecule has 2 aliphatic rings. The zero-order valence-corrected chi connectivity index (χ0v) is 22.2. The minimum atomic E-state index is -0.451. The maximum absolute atomic E-state index is 13.1. The van der Waals surface area contributed by atoms with Gasteiger partial charge in [0.2, 0.25) is 11.8 Å². The molecule has 204 valence electrons. The second kappa shape index (κ2) is 11.7. The van der Waals surface area contributed by atoms with Crippen LogP contribution in [-0.2, 0) is 27.4 Å². The van der Waals surface area contributed by atoms with Crippen LogP contribution in [0.1, 0.15) is 40.3 Å². The molecule has 10 nitrogen and oxygen atoms in total. The van der Waals surface area contributed by atoms with Gasteiger partial charge in [0.25, 0.3) is 5.91 Å². The molecule has 1 fully saturated rings. The zero-order valence-electron chi connectivity index (χ0n) is 22.2. The summed E-state index contributed by atoms with van der Waals surface area (Å²) in [7, 11) is 1.62. The number of carbonyl (C=O) groups is 3. The highest BCUT2D eigenvalue weighted by atomic mass is 16.5.